The van der Waals surface area contributed by atoms with Crippen molar-refractivity contribution in [1.82, 2.24) is 9.55 Å². The number of amides is 1. The minimum atomic E-state index is -0.0809. The van der Waals surface area contributed by atoms with Crippen molar-refractivity contribution in [2.75, 3.05) is 10.7 Å². The molecule has 0 saturated carbocycles. The van der Waals surface area contributed by atoms with Crippen LogP contribution in [0.2, 0.25) is 0 Å². The van der Waals surface area contributed by atoms with Crippen molar-refractivity contribution in [1.29, 1.82) is 0 Å². The number of aryl methyl sites for hydroxylation is 3. The molecule has 0 spiro atoms. The van der Waals surface area contributed by atoms with E-state index in [-0.39, 0.29) is 17.2 Å². The van der Waals surface area contributed by atoms with Gasteiger partial charge in [0, 0.05) is 16.3 Å². The van der Waals surface area contributed by atoms with Gasteiger partial charge in [0.15, 0.2) is 5.16 Å². The van der Waals surface area contributed by atoms with Gasteiger partial charge in [0.25, 0.3) is 5.56 Å². The Labute approximate surface area is 229 Å². The molecule has 3 aromatic carbocycles. The van der Waals surface area contributed by atoms with Gasteiger partial charge in [-0.15, -0.1) is 11.3 Å². The fourth-order valence-corrected chi connectivity index (χ4v) is 7.15. The van der Waals surface area contributed by atoms with E-state index in [0.717, 1.165) is 58.5 Å². The lowest BCUT2D eigenvalue weighted by atomic mass is 9.97. The number of aromatic nitrogens is 2. The van der Waals surface area contributed by atoms with Gasteiger partial charge in [0.05, 0.1) is 16.8 Å². The fraction of sp³-hybridized carbons (Fsp3) is 0.194. The first-order valence-corrected chi connectivity index (χ1v) is 14.6. The Morgan fingerprint density at radius 3 is 2.21 bits per heavy atom. The zero-order valence-corrected chi connectivity index (χ0v) is 22.7. The molecule has 0 fully saturated rings. The largest absolute Gasteiger partial charge is 0.280 e. The van der Waals surface area contributed by atoms with Gasteiger partial charge in [0.1, 0.15) is 4.83 Å². The smallest absolute Gasteiger partial charge is 0.267 e. The SMILES string of the molecule is Cc1ccc(-n2c(SCC(=O)N(c3ccccc3)c3ccccc3)nc3sc4c(c3c2=O)CCCC4)cc1. The molecule has 1 aliphatic carbocycles. The molecular formula is C31H27N3O2S2. The number of hydrogen-bond acceptors (Lipinski definition) is 5. The van der Waals surface area contributed by atoms with Crippen LogP contribution in [-0.2, 0) is 17.6 Å². The van der Waals surface area contributed by atoms with Gasteiger partial charge in [0.2, 0.25) is 5.91 Å². The molecule has 1 amide bonds. The number of hydrogen-bond donors (Lipinski definition) is 0. The summed E-state index contributed by atoms with van der Waals surface area (Å²) in [6.07, 6.45) is 4.18. The van der Waals surface area contributed by atoms with Crippen LogP contribution in [0.15, 0.2) is 94.9 Å². The molecule has 5 aromatic rings. The highest BCUT2D eigenvalue weighted by Crippen LogP contribution is 2.35. The zero-order valence-electron chi connectivity index (χ0n) is 21.1. The summed E-state index contributed by atoms with van der Waals surface area (Å²) >= 11 is 2.95. The minimum Gasteiger partial charge on any atom is -0.280 e. The van der Waals surface area contributed by atoms with Gasteiger partial charge in [-0.2, -0.15) is 0 Å². The van der Waals surface area contributed by atoms with E-state index < -0.39 is 0 Å². The quantitative estimate of drug-likeness (QED) is 0.171. The average molecular weight is 538 g/mol. The summed E-state index contributed by atoms with van der Waals surface area (Å²) in [5, 5.41) is 1.29. The number of thioether (sulfide) groups is 1. The number of carbonyl (C=O) groups excluding carboxylic acids is 1. The van der Waals surface area contributed by atoms with Gasteiger partial charge < -0.3 is 0 Å². The zero-order chi connectivity index (χ0) is 26.1. The van der Waals surface area contributed by atoms with Crippen molar-refractivity contribution in [3.05, 3.63) is 111 Å². The molecule has 0 bridgehead atoms. The van der Waals surface area contributed by atoms with Crippen LogP contribution >= 0.6 is 23.1 Å². The van der Waals surface area contributed by atoms with Crippen molar-refractivity contribution >= 4 is 50.6 Å². The summed E-state index contributed by atoms with van der Waals surface area (Å²) in [7, 11) is 0. The second-order valence-corrected chi connectivity index (χ2v) is 11.5. The normalized spacial score (nSPS) is 12.9. The molecule has 1 aliphatic rings. The second-order valence-electron chi connectivity index (χ2n) is 9.45. The van der Waals surface area contributed by atoms with Gasteiger partial charge >= 0.3 is 0 Å². The highest BCUT2D eigenvalue weighted by Gasteiger charge is 2.24. The molecule has 0 unspecified atom stereocenters. The lowest BCUT2D eigenvalue weighted by molar-refractivity contribution is -0.115. The van der Waals surface area contributed by atoms with Gasteiger partial charge in [-0.3, -0.25) is 19.1 Å². The third-order valence-electron chi connectivity index (χ3n) is 6.85. The number of benzene rings is 3. The Morgan fingerprint density at radius 2 is 1.55 bits per heavy atom. The van der Waals surface area contributed by atoms with Crippen molar-refractivity contribution < 1.29 is 4.79 Å². The maximum Gasteiger partial charge on any atom is 0.267 e. The van der Waals surface area contributed by atoms with Gasteiger partial charge in [-0.1, -0.05) is 65.9 Å². The summed E-state index contributed by atoms with van der Waals surface area (Å²) in [4.78, 5) is 36.5. The second kappa shape index (κ2) is 10.6. The number of anilines is 2. The van der Waals surface area contributed by atoms with Crippen LogP contribution < -0.4 is 10.5 Å². The van der Waals surface area contributed by atoms with Gasteiger partial charge in [-0.25, -0.2) is 4.98 Å². The first kappa shape index (κ1) is 24.6. The van der Waals surface area contributed by atoms with E-state index in [1.54, 1.807) is 20.8 Å². The van der Waals surface area contributed by atoms with Crippen molar-refractivity contribution in [3.63, 3.8) is 0 Å². The fourth-order valence-electron chi connectivity index (χ4n) is 4.99. The van der Waals surface area contributed by atoms with Crippen LogP contribution in [0.1, 0.15) is 28.8 Å². The predicted molar refractivity (Wildman–Crippen MR) is 157 cm³/mol. The number of thiophene rings is 1. The average Bonchev–Trinajstić information content (AvgIpc) is 3.33. The monoisotopic (exact) mass is 537 g/mol. The van der Waals surface area contributed by atoms with E-state index in [1.807, 2.05) is 91.9 Å². The van der Waals surface area contributed by atoms with Crippen LogP contribution in [0.25, 0.3) is 15.9 Å². The maximum absolute atomic E-state index is 14.0. The molecule has 0 radical (unpaired) electrons. The van der Waals surface area contributed by atoms with E-state index in [4.69, 9.17) is 4.98 Å². The van der Waals surface area contributed by atoms with E-state index >= 15 is 0 Å². The molecule has 190 valence electrons. The first-order chi connectivity index (χ1) is 18.6. The summed E-state index contributed by atoms with van der Waals surface area (Å²) in [6.45, 7) is 2.03. The molecule has 5 nitrogen and oxygen atoms in total. The molecule has 0 aliphatic heterocycles. The maximum atomic E-state index is 14.0. The summed E-state index contributed by atoms with van der Waals surface area (Å²) in [5.74, 6) is 0.0567. The predicted octanol–water partition coefficient (Wildman–Crippen LogP) is 7.09. The molecule has 2 aromatic heterocycles. The Balaban J connectivity index is 1.41. The number of nitrogens with zero attached hydrogens (tertiary/aromatic N) is 3. The van der Waals surface area contributed by atoms with Crippen LogP contribution in [-0.4, -0.2) is 21.2 Å². The number of carbonyl (C=O) groups is 1. The molecular weight excluding hydrogens is 510 g/mol. The first-order valence-electron chi connectivity index (χ1n) is 12.8. The van der Waals surface area contributed by atoms with Crippen LogP contribution in [0.5, 0.6) is 0 Å². The molecule has 6 rings (SSSR count). The molecule has 0 saturated heterocycles. The topological polar surface area (TPSA) is 55.2 Å². The Bertz CT molecular complexity index is 1620. The van der Waals surface area contributed by atoms with E-state index in [1.165, 1.54) is 22.2 Å². The Kier molecular flexibility index (Phi) is 6.87. The number of fused-ring (bicyclic) bond motifs is 3. The Morgan fingerprint density at radius 1 is 0.921 bits per heavy atom. The molecule has 38 heavy (non-hydrogen) atoms. The molecule has 7 heteroatoms. The lowest BCUT2D eigenvalue weighted by Crippen LogP contribution is -2.28. The van der Waals surface area contributed by atoms with Crippen molar-refractivity contribution in [2.24, 2.45) is 0 Å². The van der Waals surface area contributed by atoms with Gasteiger partial charge in [-0.05, 0) is 74.6 Å². The summed E-state index contributed by atoms with van der Waals surface area (Å²) < 4.78 is 1.69. The standard InChI is InChI=1S/C31H27N3O2S2/c1-21-16-18-24(19-17-21)34-30(36)28-25-14-8-9-15-26(25)38-29(28)32-31(34)37-20-27(35)33(22-10-4-2-5-11-22)23-12-6-3-7-13-23/h2-7,10-13,16-19H,8-9,14-15,20H2,1H3. The molecule has 0 atom stereocenters. The van der Waals surface area contributed by atoms with Crippen LogP contribution in [0.3, 0.4) is 0 Å². The summed E-state index contributed by atoms with van der Waals surface area (Å²) in [6, 6.07) is 27.2. The lowest BCUT2D eigenvalue weighted by Gasteiger charge is -2.23. The van der Waals surface area contributed by atoms with E-state index in [0.29, 0.717) is 5.16 Å². The minimum absolute atomic E-state index is 0.0452. The third-order valence-corrected chi connectivity index (χ3v) is 8.96. The molecule has 2 heterocycles. The van der Waals surface area contributed by atoms with Crippen molar-refractivity contribution in [3.8, 4) is 5.69 Å². The van der Waals surface area contributed by atoms with E-state index in [2.05, 4.69) is 0 Å². The van der Waals surface area contributed by atoms with Crippen molar-refractivity contribution in [2.45, 2.75) is 37.8 Å². The highest BCUT2D eigenvalue weighted by molar-refractivity contribution is 7.99. The van der Waals surface area contributed by atoms with Crippen LogP contribution in [0.4, 0.5) is 11.4 Å². The Hall–Kier alpha value is -3.68. The van der Waals surface area contributed by atoms with Crippen LogP contribution in [0, 0.1) is 6.92 Å². The third kappa shape index (κ3) is 4.68. The molecule has 0 N–H and O–H groups in total. The number of para-hydroxylation sites is 2. The number of rotatable bonds is 6. The van der Waals surface area contributed by atoms with E-state index in [9.17, 15) is 9.59 Å². The summed E-state index contributed by atoms with van der Waals surface area (Å²) in [5.41, 5.74) is 4.61. The highest BCUT2D eigenvalue weighted by atomic mass is 32.2.